The highest BCUT2D eigenvalue weighted by molar-refractivity contribution is 7.90. The van der Waals surface area contributed by atoms with Crippen LogP contribution >= 0.6 is 11.5 Å². The predicted molar refractivity (Wildman–Crippen MR) is 89.8 cm³/mol. The number of hydrogen-bond donors (Lipinski definition) is 0. The molecule has 23 heavy (non-hydrogen) atoms. The molecule has 0 aliphatic heterocycles. The van der Waals surface area contributed by atoms with E-state index in [9.17, 15) is 13.6 Å². The third kappa shape index (κ3) is 3.11. The van der Waals surface area contributed by atoms with Gasteiger partial charge in [0.25, 0.3) is 5.69 Å². The summed E-state index contributed by atoms with van der Waals surface area (Å²) >= 11 is 1.09. The van der Waals surface area contributed by atoms with E-state index in [4.69, 9.17) is 0 Å². The highest BCUT2D eigenvalue weighted by Gasteiger charge is 2.22. The van der Waals surface area contributed by atoms with Gasteiger partial charge in [0.1, 0.15) is 4.88 Å². The van der Waals surface area contributed by atoms with Crippen LogP contribution in [0.1, 0.15) is 5.56 Å². The van der Waals surface area contributed by atoms with Crippen LogP contribution in [0.15, 0.2) is 53.4 Å². The van der Waals surface area contributed by atoms with Crippen molar-refractivity contribution in [1.29, 1.82) is 0 Å². The SMILES string of the molecule is Cc1cccc(-c2c(-c3ccc(S(C)(=O)=O)cc3)sn[n+]2[O-])c1. The van der Waals surface area contributed by atoms with Crippen molar-refractivity contribution in [1.82, 2.24) is 4.49 Å². The van der Waals surface area contributed by atoms with Gasteiger partial charge in [-0.15, -0.1) is 0 Å². The molecule has 0 spiro atoms. The topological polar surface area (TPSA) is 74.0 Å². The van der Waals surface area contributed by atoms with E-state index >= 15 is 0 Å². The molecule has 3 aromatic rings. The highest BCUT2D eigenvalue weighted by atomic mass is 32.2. The molecule has 1 heterocycles. The third-order valence-corrected chi connectivity index (χ3v) is 5.42. The van der Waals surface area contributed by atoms with Gasteiger partial charge in [-0.2, -0.15) is 0 Å². The lowest BCUT2D eigenvalue weighted by Crippen LogP contribution is -2.29. The molecule has 0 amide bonds. The molecule has 0 fully saturated rings. The maximum Gasteiger partial charge on any atom is 0.272 e. The maximum atomic E-state index is 12.1. The lowest BCUT2D eigenvalue weighted by molar-refractivity contribution is -0.649. The van der Waals surface area contributed by atoms with Crippen LogP contribution in [0, 0.1) is 12.1 Å². The summed E-state index contributed by atoms with van der Waals surface area (Å²) in [6.45, 7) is 1.96. The van der Waals surface area contributed by atoms with Crippen LogP contribution in [0.25, 0.3) is 21.7 Å². The zero-order valence-electron chi connectivity index (χ0n) is 12.6. The molecule has 0 aliphatic rings. The van der Waals surface area contributed by atoms with Crippen molar-refractivity contribution in [3.8, 4) is 21.7 Å². The molecule has 0 unspecified atom stereocenters. The van der Waals surface area contributed by atoms with E-state index in [1.54, 1.807) is 24.3 Å². The van der Waals surface area contributed by atoms with Gasteiger partial charge in [-0.25, -0.2) is 8.42 Å². The average molecular weight is 346 g/mol. The summed E-state index contributed by atoms with van der Waals surface area (Å²) in [7, 11) is -3.24. The molecule has 0 aliphatic carbocycles. The number of rotatable bonds is 3. The fourth-order valence-corrected chi connectivity index (χ4v) is 3.72. The average Bonchev–Trinajstić information content (AvgIpc) is 2.88. The first-order valence-corrected chi connectivity index (χ1v) is 9.50. The van der Waals surface area contributed by atoms with Crippen LogP contribution in [0.2, 0.25) is 0 Å². The van der Waals surface area contributed by atoms with Gasteiger partial charge in [0, 0.05) is 23.4 Å². The molecular formula is C16H14N2O3S2. The smallest absolute Gasteiger partial charge is 0.272 e. The molecule has 5 nitrogen and oxygen atoms in total. The van der Waals surface area contributed by atoms with E-state index in [2.05, 4.69) is 4.49 Å². The summed E-state index contributed by atoms with van der Waals surface area (Å²) in [6, 6.07) is 14.1. The van der Waals surface area contributed by atoms with Gasteiger partial charge in [-0.3, -0.25) is 0 Å². The fraction of sp³-hybridized carbons (Fsp3) is 0.125. The van der Waals surface area contributed by atoms with Crippen molar-refractivity contribution in [3.05, 3.63) is 59.3 Å². The second-order valence-electron chi connectivity index (χ2n) is 5.29. The van der Waals surface area contributed by atoms with E-state index in [1.807, 2.05) is 31.2 Å². The van der Waals surface area contributed by atoms with Gasteiger partial charge < -0.3 is 5.21 Å². The van der Waals surface area contributed by atoms with Crippen molar-refractivity contribution in [2.75, 3.05) is 6.26 Å². The van der Waals surface area contributed by atoms with Crippen molar-refractivity contribution in [3.63, 3.8) is 0 Å². The lowest BCUT2D eigenvalue weighted by Gasteiger charge is -2.03. The molecular weight excluding hydrogens is 332 g/mol. The minimum Gasteiger partial charge on any atom is -0.593 e. The van der Waals surface area contributed by atoms with Crippen LogP contribution in [-0.4, -0.2) is 19.2 Å². The summed E-state index contributed by atoms with van der Waals surface area (Å²) in [5, 5.41) is 12.1. The van der Waals surface area contributed by atoms with Gasteiger partial charge in [0.15, 0.2) is 9.84 Å². The minimum atomic E-state index is -3.24. The molecule has 0 saturated heterocycles. The Bertz CT molecular complexity index is 961. The fourth-order valence-electron chi connectivity index (χ4n) is 2.33. The largest absolute Gasteiger partial charge is 0.593 e. The van der Waals surface area contributed by atoms with Crippen LogP contribution in [-0.2, 0) is 9.84 Å². The first-order chi connectivity index (χ1) is 10.9. The van der Waals surface area contributed by atoms with Crippen molar-refractivity contribution < 1.29 is 13.3 Å². The Kier molecular flexibility index (Phi) is 3.91. The zero-order chi connectivity index (χ0) is 16.6. The molecule has 0 bridgehead atoms. The number of nitrogens with zero attached hydrogens (tertiary/aromatic N) is 2. The summed E-state index contributed by atoms with van der Waals surface area (Å²) in [5.41, 5.74) is 3.08. The Morgan fingerprint density at radius 3 is 2.39 bits per heavy atom. The standard InChI is InChI=1S/C16H14N2O3S2/c1-11-4-3-5-13(10-11)15-16(22-17-18(15)19)12-6-8-14(9-7-12)23(2,20)21/h3-10H,1-2H3. The highest BCUT2D eigenvalue weighted by Crippen LogP contribution is 2.33. The maximum absolute atomic E-state index is 12.1. The second-order valence-corrected chi connectivity index (χ2v) is 8.06. The molecule has 3 rings (SSSR count). The van der Waals surface area contributed by atoms with Gasteiger partial charge in [-0.1, -0.05) is 29.8 Å². The van der Waals surface area contributed by atoms with Crippen molar-refractivity contribution >= 4 is 21.4 Å². The summed E-state index contributed by atoms with van der Waals surface area (Å²) in [4.78, 5) is 1.57. The molecule has 1 aromatic heterocycles. The van der Waals surface area contributed by atoms with Crippen molar-refractivity contribution in [2.24, 2.45) is 0 Å². The number of sulfone groups is 1. The Morgan fingerprint density at radius 1 is 1.09 bits per heavy atom. The number of hydrogen-bond acceptors (Lipinski definition) is 5. The van der Waals surface area contributed by atoms with Crippen LogP contribution in [0.5, 0.6) is 0 Å². The van der Waals surface area contributed by atoms with Gasteiger partial charge in [0.2, 0.25) is 0 Å². The van der Waals surface area contributed by atoms with E-state index in [-0.39, 0.29) is 4.90 Å². The number of aryl methyl sites for hydroxylation is 1. The Labute approximate surface area is 138 Å². The number of aromatic nitrogens is 2. The first-order valence-electron chi connectivity index (χ1n) is 6.83. The van der Waals surface area contributed by atoms with E-state index in [0.29, 0.717) is 15.4 Å². The van der Waals surface area contributed by atoms with E-state index < -0.39 is 9.84 Å². The summed E-state index contributed by atoms with van der Waals surface area (Å²) < 4.78 is 26.9. The van der Waals surface area contributed by atoms with Crippen molar-refractivity contribution in [2.45, 2.75) is 11.8 Å². The Balaban J connectivity index is 2.12. The number of benzene rings is 2. The van der Waals surface area contributed by atoms with Gasteiger partial charge >= 0.3 is 0 Å². The predicted octanol–water partition coefficient (Wildman–Crippen LogP) is 2.82. The summed E-state index contributed by atoms with van der Waals surface area (Å²) in [5.74, 6) is 0. The normalized spacial score (nSPS) is 11.6. The molecule has 118 valence electrons. The lowest BCUT2D eigenvalue weighted by atomic mass is 10.1. The molecule has 0 saturated carbocycles. The Morgan fingerprint density at radius 2 is 1.78 bits per heavy atom. The molecule has 2 aromatic carbocycles. The third-order valence-electron chi connectivity index (χ3n) is 3.45. The van der Waals surface area contributed by atoms with Gasteiger partial charge in [-0.05, 0) is 36.0 Å². The second kappa shape index (κ2) is 5.75. The van der Waals surface area contributed by atoms with E-state index in [1.165, 1.54) is 6.26 Å². The monoisotopic (exact) mass is 346 g/mol. The Hall–Kier alpha value is -2.25. The molecule has 0 atom stereocenters. The molecule has 7 heteroatoms. The van der Waals surface area contributed by atoms with Gasteiger partial charge in [0.05, 0.1) is 14.9 Å². The zero-order valence-corrected chi connectivity index (χ0v) is 14.2. The van der Waals surface area contributed by atoms with Crippen LogP contribution in [0.4, 0.5) is 0 Å². The molecule has 0 N–H and O–H groups in total. The van der Waals surface area contributed by atoms with Crippen LogP contribution in [0.3, 0.4) is 0 Å². The quantitative estimate of drug-likeness (QED) is 0.540. The molecule has 0 radical (unpaired) electrons. The van der Waals surface area contributed by atoms with Crippen LogP contribution < -0.4 is 4.85 Å². The minimum absolute atomic E-state index is 0.248. The summed E-state index contributed by atoms with van der Waals surface area (Å²) in [6.07, 6.45) is 1.17. The van der Waals surface area contributed by atoms with E-state index in [0.717, 1.165) is 28.2 Å². The first kappa shape index (κ1) is 15.6.